The molecule has 0 radical (unpaired) electrons. The van der Waals surface area contributed by atoms with Crippen molar-refractivity contribution in [1.82, 2.24) is 14.7 Å². The lowest BCUT2D eigenvalue weighted by Crippen LogP contribution is -2.42. The van der Waals surface area contributed by atoms with Crippen molar-refractivity contribution in [3.63, 3.8) is 0 Å². The Bertz CT molecular complexity index is 567. The predicted molar refractivity (Wildman–Crippen MR) is 66.1 cm³/mol. The van der Waals surface area contributed by atoms with Gasteiger partial charge in [-0.2, -0.15) is 5.10 Å². The molecule has 1 aromatic heterocycles. The Labute approximate surface area is 113 Å². The zero-order chi connectivity index (χ0) is 14.9. The fraction of sp³-hybridized carbons (Fsp3) is 0.545. The summed E-state index contributed by atoms with van der Waals surface area (Å²) in [5.41, 5.74) is -0.613. The smallest absolute Gasteiger partial charge is 0.320 e. The van der Waals surface area contributed by atoms with Crippen LogP contribution in [0.1, 0.15) is 23.3 Å². The summed E-state index contributed by atoms with van der Waals surface area (Å²) in [4.78, 5) is 34.8. The van der Waals surface area contributed by atoms with Crippen molar-refractivity contribution < 1.29 is 19.6 Å². The number of carbonyl (C=O) groups is 2. The van der Waals surface area contributed by atoms with Gasteiger partial charge in [-0.25, -0.2) is 0 Å². The number of hydrogen-bond donors (Lipinski definition) is 1. The third kappa shape index (κ3) is 2.60. The Morgan fingerprint density at radius 2 is 2.25 bits per heavy atom. The maximum Gasteiger partial charge on any atom is 0.320 e. The van der Waals surface area contributed by atoms with Crippen molar-refractivity contribution in [2.24, 2.45) is 13.0 Å². The van der Waals surface area contributed by atoms with Gasteiger partial charge in [-0.1, -0.05) is 0 Å². The first-order chi connectivity index (χ1) is 9.40. The summed E-state index contributed by atoms with van der Waals surface area (Å²) in [6.45, 7) is 0.443. The van der Waals surface area contributed by atoms with Crippen molar-refractivity contribution >= 4 is 17.6 Å². The first kappa shape index (κ1) is 14.0. The molecule has 9 nitrogen and oxygen atoms in total. The van der Waals surface area contributed by atoms with E-state index in [1.807, 2.05) is 0 Å². The molecule has 1 atom stereocenters. The molecule has 0 aliphatic carbocycles. The number of aromatic nitrogens is 2. The van der Waals surface area contributed by atoms with Crippen LogP contribution in [0.3, 0.4) is 0 Å². The molecule has 2 heterocycles. The number of nitro groups is 1. The van der Waals surface area contributed by atoms with Crippen molar-refractivity contribution in [3.8, 4) is 0 Å². The largest absolute Gasteiger partial charge is 0.481 e. The van der Waals surface area contributed by atoms with E-state index in [-0.39, 0.29) is 17.9 Å². The van der Waals surface area contributed by atoms with Crippen molar-refractivity contribution in [1.29, 1.82) is 0 Å². The monoisotopic (exact) mass is 282 g/mol. The molecule has 1 fully saturated rings. The molecule has 0 aromatic carbocycles. The van der Waals surface area contributed by atoms with E-state index in [1.54, 1.807) is 0 Å². The van der Waals surface area contributed by atoms with Gasteiger partial charge in [-0.3, -0.25) is 24.4 Å². The molecule has 2 rings (SSSR count). The van der Waals surface area contributed by atoms with Gasteiger partial charge < -0.3 is 10.0 Å². The van der Waals surface area contributed by atoms with Crippen LogP contribution in [-0.2, 0) is 11.8 Å². The van der Waals surface area contributed by atoms with Crippen LogP contribution in [0.15, 0.2) is 6.20 Å². The van der Waals surface area contributed by atoms with Crippen LogP contribution in [0.25, 0.3) is 0 Å². The number of nitrogens with zero attached hydrogens (tertiary/aromatic N) is 4. The average molecular weight is 282 g/mol. The number of aliphatic carboxylic acids is 1. The van der Waals surface area contributed by atoms with Crippen LogP contribution in [0, 0.1) is 16.0 Å². The minimum absolute atomic E-state index is 0.0574. The number of amides is 1. The Kier molecular flexibility index (Phi) is 3.68. The number of hydrogen-bond acceptors (Lipinski definition) is 5. The number of carboxylic acids is 1. The topological polar surface area (TPSA) is 119 Å². The molecule has 9 heteroatoms. The lowest BCUT2D eigenvalue weighted by atomic mass is 9.98. The summed E-state index contributed by atoms with van der Waals surface area (Å²) in [6, 6.07) is 0. The number of aryl methyl sites for hydroxylation is 1. The van der Waals surface area contributed by atoms with E-state index >= 15 is 0 Å². The molecule has 0 unspecified atom stereocenters. The zero-order valence-corrected chi connectivity index (χ0v) is 10.9. The SMILES string of the molecule is Cn1cc([N+](=O)[O-])c(C(=O)N2CCC[C@H](C(=O)O)C2)n1. The van der Waals surface area contributed by atoms with Gasteiger partial charge in [0.1, 0.15) is 6.20 Å². The fourth-order valence-electron chi connectivity index (χ4n) is 2.27. The van der Waals surface area contributed by atoms with Crippen molar-refractivity contribution in [2.75, 3.05) is 13.1 Å². The summed E-state index contributed by atoms with van der Waals surface area (Å²) in [7, 11) is 1.49. The molecular formula is C11H14N4O5. The highest BCUT2D eigenvalue weighted by Gasteiger charge is 2.33. The van der Waals surface area contributed by atoms with Crippen LogP contribution in [-0.4, -0.2) is 49.7 Å². The zero-order valence-electron chi connectivity index (χ0n) is 10.9. The van der Waals surface area contributed by atoms with E-state index in [1.165, 1.54) is 16.6 Å². The highest BCUT2D eigenvalue weighted by Crippen LogP contribution is 2.22. The minimum atomic E-state index is -0.960. The van der Waals surface area contributed by atoms with Crippen molar-refractivity contribution in [2.45, 2.75) is 12.8 Å². The summed E-state index contributed by atoms with van der Waals surface area (Å²) in [5.74, 6) is -2.18. The Morgan fingerprint density at radius 1 is 1.55 bits per heavy atom. The second-order valence-corrected chi connectivity index (χ2v) is 4.72. The molecule has 0 saturated carbocycles. The minimum Gasteiger partial charge on any atom is -0.481 e. The van der Waals surface area contributed by atoms with Crippen molar-refractivity contribution in [3.05, 3.63) is 22.0 Å². The Morgan fingerprint density at radius 3 is 2.85 bits per heavy atom. The van der Waals surface area contributed by atoms with E-state index in [0.29, 0.717) is 19.4 Å². The van der Waals surface area contributed by atoms with Crippen LogP contribution in [0.2, 0.25) is 0 Å². The molecular weight excluding hydrogens is 268 g/mol. The number of carboxylic acid groups (broad SMARTS) is 1. The molecule has 1 aromatic rings. The predicted octanol–water partition coefficient (Wildman–Crippen LogP) is 0.265. The van der Waals surface area contributed by atoms with Gasteiger partial charge in [0, 0.05) is 20.1 Å². The van der Waals surface area contributed by atoms with Gasteiger partial charge in [-0.15, -0.1) is 0 Å². The Hall–Kier alpha value is -2.45. The third-order valence-corrected chi connectivity index (χ3v) is 3.27. The number of piperidine rings is 1. The summed E-state index contributed by atoms with van der Waals surface area (Å²) < 4.78 is 1.20. The van der Waals surface area contributed by atoms with Gasteiger partial charge in [0.25, 0.3) is 5.91 Å². The number of carbonyl (C=O) groups excluding carboxylic acids is 1. The molecule has 1 saturated heterocycles. The first-order valence-electron chi connectivity index (χ1n) is 6.10. The maximum atomic E-state index is 12.3. The average Bonchev–Trinajstić information content (AvgIpc) is 2.80. The van der Waals surface area contributed by atoms with E-state index in [0.717, 1.165) is 6.20 Å². The lowest BCUT2D eigenvalue weighted by molar-refractivity contribution is -0.385. The maximum absolute atomic E-state index is 12.3. The summed E-state index contributed by atoms with van der Waals surface area (Å²) in [6.07, 6.45) is 2.22. The number of rotatable bonds is 3. The second-order valence-electron chi connectivity index (χ2n) is 4.72. The van der Waals surface area contributed by atoms with E-state index in [9.17, 15) is 19.7 Å². The van der Waals surface area contributed by atoms with Gasteiger partial charge in [0.2, 0.25) is 5.69 Å². The van der Waals surface area contributed by atoms with Gasteiger partial charge >= 0.3 is 11.7 Å². The summed E-state index contributed by atoms with van der Waals surface area (Å²) in [5, 5.41) is 23.7. The highest BCUT2D eigenvalue weighted by molar-refractivity contribution is 5.96. The molecule has 20 heavy (non-hydrogen) atoms. The van der Waals surface area contributed by atoms with Crippen LogP contribution in [0.4, 0.5) is 5.69 Å². The van der Waals surface area contributed by atoms with Gasteiger partial charge in [-0.05, 0) is 12.8 Å². The fourth-order valence-corrected chi connectivity index (χ4v) is 2.27. The second kappa shape index (κ2) is 5.27. The standard InChI is InChI=1S/C11H14N4O5/c1-13-6-8(15(19)20)9(12-13)10(16)14-4-2-3-7(5-14)11(17)18/h6-7H,2-5H2,1H3,(H,17,18)/t7-/m0/s1. The van der Waals surface area contributed by atoms with Gasteiger partial charge in [0.05, 0.1) is 10.8 Å². The van der Waals surface area contributed by atoms with Crippen LogP contribution >= 0.6 is 0 Å². The molecule has 1 amide bonds. The third-order valence-electron chi connectivity index (χ3n) is 3.27. The molecule has 0 spiro atoms. The van der Waals surface area contributed by atoms with E-state index in [2.05, 4.69) is 5.10 Å². The number of likely N-dealkylation sites (tertiary alicyclic amines) is 1. The normalized spacial score (nSPS) is 18.9. The first-order valence-corrected chi connectivity index (χ1v) is 6.10. The Balaban J connectivity index is 2.23. The van der Waals surface area contributed by atoms with E-state index in [4.69, 9.17) is 5.11 Å². The van der Waals surface area contributed by atoms with Crippen LogP contribution < -0.4 is 0 Å². The molecule has 1 aliphatic rings. The van der Waals surface area contributed by atoms with E-state index < -0.39 is 22.7 Å². The van der Waals surface area contributed by atoms with Gasteiger partial charge in [0.15, 0.2) is 0 Å². The summed E-state index contributed by atoms with van der Waals surface area (Å²) >= 11 is 0. The quantitative estimate of drug-likeness (QED) is 0.627. The highest BCUT2D eigenvalue weighted by atomic mass is 16.6. The molecule has 108 valence electrons. The molecule has 1 aliphatic heterocycles. The van der Waals surface area contributed by atoms with Crippen LogP contribution in [0.5, 0.6) is 0 Å². The molecule has 0 bridgehead atoms. The lowest BCUT2D eigenvalue weighted by Gasteiger charge is -2.29. The molecule has 1 N–H and O–H groups in total.